The van der Waals surface area contributed by atoms with Crippen molar-refractivity contribution in [3.8, 4) is 0 Å². The second kappa shape index (κ2) is 3.67. The molecule has 0 radical (unpaired) electrons. The molecule has 0 saturated carbocycles. The van der Waals surface area contributed by atoms with E-state index in [0.29, 0.717) is 18.4 Å². The van der Waals surface area contributed by atoms with Crippen LogP contribution in [0.1, 0.15) is 20.8 Å². The van der Waals surface area contributed by atoms with Gasteiger partial charge in [0, 0.05) is 31.7 Å². The SMILES string of the molecule is CCNC(=O)N1CC2CNCC2C1(C)C. The molecule has 86 valence electrons. The number of likely N-dealkylation sites (tertiary alicyclic amines) is 1. The fourth-order valence-corrected chi connectivity index (χ4v) is 3.01. The van der Waals surface area contributed by atoms with Gasteiger partial charge in [0.2, 0.25) is 0 Å². The molecule has 2 rings (SSSR count). The van der Waals surface area contributed by atoms with Crippen LogP contribution in [0.5, 0.6) is 0 Å². The minimum Gasteiger partial charge on any atom is -0.338 e. The van der Waals surface area contributed by atoms with E-state index in [4.69, 9.17) is 0 Å². The number of fused-ring (bicyclic) bond motifs is 1. The Morgan fingerprint density at radius 3 is 2.87 bits per heavy atom. The van der Waals surface area contributed by atoms with Crippen LogP contribution in [0.2, 0.25) is 0 Å². The summed E-state index contributed by atoms with van der Waals surface area (Å²) in [5.41, 5.74) is -0.00653. The maximum atomic E-state index is 11.9. The molecule has 2 fully saturated rings. The van der Waals surface area contributed by atoms with Crippen molar-refractivity contribution < 1.29 is 4.79 Å². The van der Waals surface area contributed by atoms with Gasteiger partial charge in [0.15, 0.2) is 0 Å². The van der Waals surface area contributed by atoms with Crippen LogP contribution >= 0.6 is 0 Å². The van der Waals surface area contributed by atoms with Crippen LogP contribution in [0, 0.1) is 11.8 Å². The predicted molar refractivity (Wildman–Crippen MR) is 59.7 cm³/mol. The molecule has 15 heavy (non-hydrogen) atoms. The van der Waals surface area contributed by atoms with Crippen molar-refractivity contribution in [1.29, 1.82) is 0 Å². The van der Waals surface area contributed by atoms with Crippen LogP contribution in [0.3, 0.4) is 0 Å². The van der Waals surface area contributed by atoms with E-state index < -0.39 is 0 Å². The fourth-order valence-electron chi connectivity index (χ4n) is 3.01. The van der Waals surface area contributed by atoms with Gasteiger partial charge in [-0.25, -0.2) is 4.79 Å². The normalized spacial score (nSPS) is 32.9. The number of nitrogens with zero attached hydrogens (tertiary/aromatic N) is 1. The van der Waals surface area contributed by atoms with Gasteiger partial charge < -0.3 is 15.5 Å². The first-order valence-corrected chi connectivity index (χ1v) is 5.83. The molecule has 0 spiro atoms. The summed E-state index contributed by atoms with van der Waals surface area (Å²) in [5, 5.41) is 6.31. The highest BCUT2D eigenvalue weighted by molar-refractivity contribution is 5.75. The molecular weight excluding hydrogens is 190 g/mol. The molecule has 2 saturated heterocycles. The van der Waals surface area contributed by atoms with E-state index in [-0.39, 0.29) is 11.6 Å². The van der Waals surface area contributed by atoms with Gasteiger partial charge in [-0.1, -0.05) is 0 Å². The number of amides is 2. The molecule has 0 aromatic heterocycles. The second-order valence-electron chi connectivity index (χ2n) is 5.12. The van der Waals surface area contributed by atoms with Gasteiger partial charge in [-0.3, -0.25) is 0 Å². The molecule has 2 unspecified atom stereocenters. The topological polar surface area (TPSA) is 44.4 Å². The Bertz CT molecular complexity index is 265. The molecular formula is C11H21N3O. The van der Waals surface area contributed by atoms with E-state index >= 15 is 0 Å². The van der Waals surface area contributed by atoms with E-state index in [1.165, 1.54) is 0 Å². The number of urea groups is 1. The average molecular weight is 211 g/mol. The minimum atomic E-state index is -0.00653. The number of nitrogens with one attached hydrogen (secondary N) is 2. The first kappa shape index (κ1) is 10.7. The minimum absolute atomic E-state index is 0.00653. The van der Waals surface area contributed by atoms with Gasteiger partial charge in [-0.05, 0) is 32.6 Å². The predicted octanol–water partition coefficient (Wildman–Crippen LogP) is 0.646. The third-order valence-corrected chi connectivity index (χ3v) is 3.93. The molecule has 4 nitrogen and oxygen atoms in total. The number of hydrogen-bond acceptors (Lipinski definition) is 2. The lowest BCUT2D eigenvalue weighted by molar-refractivity contribution is 0.147. The van der Waals surface area contributed by atoms with Crippen molar-refractivity contribution >= 4 is 6.03 Å². The van der Waals surface area contributed by atoms with Crippen LogP contribution < -0.4 is 10.6 Å². The number of hydrogen-bond donors (Lipinski definition) is 2. The van der Waals surface area contributed by atoms with Crippen molar-refractivity contribution in [3.63, 3.8) is 0 Å². The lowest BCUT2D eigenvalue weighted by Gasteiger charge is -2.35. The fraction of sp³-hybridized carbons (Fsp3) is 0.909. The average Bonchev–Trinajstić information content (AvgIpc) is 2.69. The van der Waals surface area contributed by atoms with E-state index in [1.54, 1.807) is 0 Å². The van der Waals surface area contributed by atoms with Crippen molar-refractivity contribution in [1.82, 2.24) is 15.5 Å². The Hall–Kier alpha value is -0.770. The second-order valence-corrected chi connectivity index (χ2v) is 5.12. The van der Waals surface area contributed by atoms with Gasteiger partial charge in [-0.15, -0.1) is 0 Å². The van der Waals surface area contributed by atoms with Gasteiger partial charge in [0.25, 0.3) is 0 Å². The van der Waals surface area contributed by atoms with Gasteiger partial charge in [0.05, 0.1) is 0 Å². The van der Waals surface area contributed by atoms with Gasteiger partial charge >= 0.3 is 6.03 Å². The summed E-state index contributed by atoms with van der Waals surface area (Å²) >= 11 is 0. The summed E-state index contributed by atoms with van der Waals surface area (Å²) in [6.45, 7) is 10.0. The Morgan fingerprint density at radius 1 is 1.53 bits per heavy atom. The van der Waals surface area contributed by atoms with Gasteiger partial charge in [-0.2, -0.15) is 0 Å². The number of carbonyl (C=O) groups excluding carboxylic acids is 1. The Labute approximate surface area is 91.4 Å². The van der Waals surface area contributed by atoms with E-state index in [0.717, 1.165) is 19.6 Å². The van der Waals surface area contributed by atoms with Crippen molar-refractivity contribution in [3.05, 3.63) is 0 Å². The van der Waals surface area contributed by atoms with Crippen molar-refractivity contribution in [2.24, 2.45) is 11.8 Å². The highest BCUT2D eigenvalue weighted by Crippen LogP contribution is 2.40. The van der Waals surface area contributed by atoms with Crippen molar-refractivity contribution in [2.45, 2.75) is 26.3 Å². The van der Waals surface area contributed by atoms with Crippen LogP contribution in [0.4, 0.5) is 4.79 Å². The van der Waals surface area contributed by atoms with Gasteiger partial charge in [0.1, 0.15) is 0 Å². The van der Waals surface area contributed by atoms with Crippen LogP contribution in [-0.2, 0) is 0 Å². The summed E-state index contributed by atoms with van der Waals surface area (Å²) in [6.07, 6.45) is 0. The monoisotopic (exact) mass is 211 g/mol. The summed E-state index contributed by atoms with van der Waals surface area (Å²) in [7, 11) is 0. The molecule has 4 heteroatoms. The lowest BCUT2D eigenvalue weighted by atomic mass is 9.85. The highest BCUT2D eigenvalue weighted by atomic mass is 16.2. The van der Waals surface area contributed by atoms with Crippen LogP contribution in [-0.4, -0.2) is 42.6 Å². The van der Waals surface area contributed by atoms with E-state index in [9.17, 15) is 4.79 Å². The van der Waals surface area contributed by atoms with E-state index in [1.807, 2.05) is 11.8 Å². The molecule has 0 aliphatic carbocycles. The maximum Gasteiger partial charge on any atom is 0.317 e. The molecule has 0 bridgehead atoms. The zero-order chi connectivity index (χ0) is 11.1. The molecule has 2 aliphatic rings. The molecule has 0 aromatic rings. The molecule has 2 heterocycles. The van der Waals surface area contributed by atoms with Crippen LogP contribution in [0.15, 0.2) is 0 Å². The molecule has 2 aliphatic heterocycles. The zero-order valence-corrected chi connectivity index (χ0v) is 9.84. The largest absolute Gasteiger partial charge is 0.338 e. The molecule has 2 N–H and O–H groups in total. The quantitative estimate of drug-likeness (QED) is 0.669. The Morgan fingerprint density at radius 2 is 2.27 bits per heavy atom. The summed E-state index contributed by atoms with van der Waals surface area (Å²) < 4.78 is 0. The highest BCUT2D eigenvalue weighted by Gasteiger charge is 2.51. The first-order valence-electron chi connectivity index (χ1n) is 5.83. The van der Waals surface area contributed by atoms with E-state index in [2.05, 4.69) is 24.5 Å². The summed E-state index contributed by atoms with van der Waals surface area (Å²) in [6, 6.07) is 0.0944. The smallest absolute Gasteiger partial charge is 0.317 e. The standard InChI is InChI=1S/C11H21N3O/c1-4-13-10(15)14-7-8-5-12-6-9(8)11(14,2)3/h8-9,12H,4-7H2,1-3H3,(H,13,15). The Balaban J connectivity index is 2.11. The lowest BCUT2D eigenvalue weighted by Crippen LogP contribution is -2.51. The third-order valence-electron chi connectivity index (χ3n) is 3.93. The number of rotatable bonds is 1. The Kier molecular flexibility index (Phi) is 2.63. The third kappa shape index (κ3) is 1.61. The van der Waals surface area contributed by atoms with Crippen LogP contribution in [0.25, 0.3) is 0 Å². The molecule has 2 atom stereocenters. The zero-order valence-electron chi connectivity index (χ0n) is 9.84. The molecule has 0 aromatic carbocycles. The summed E-state index contributed by atoms with van der Waals surface area (Å²) in [4.78, 5) is 13.9. The first-order chi connectivity index (χ1) is 7.07. The van der Waals surface area contributed by atoms with Crippen molar-refractivity contribution in [2.75, 3.05) is 26.2 Å². The molecule has 2 amide bonds. The summed E-state index contributed by atoms with van der Waals surface area (Å²) in [5.74, 6) is 1.25. The number of carbonyl (C=O) groups is 1. The maximum absolute atomic E-state index is 11.9.